The van der Waals surface area contributed by atoms with E-state index in [2.05, 4.69) is 24.1 Å². The fourth-order valence-corrected chi connectivity index (χ4v) is 3.68. The average molecular weight is 375 g/mol. The van der Waals surface area contributed by atoms with Gasteiger partial charge in [0.15, 0.2) is 0 Å². The molecule has 2 aromatic carbocycles. The molecule has 6 nitrogen and oxygen atoms in total. The van der Waals surface area contributed by atoms with Gasteiger partial charge >= 0.3 is 0 Å². The molecule has 0 radical (unpaired) electrons. The summed E-state index contributed by atoms with van der Waals surface area (Å²) in [4.78, 5) is 14.7. The third-order valence-electron chi connectivity index (χ3n) is 4.44. The molecular weight excluding hydrogens is 350 g/mol. The topological polar surface area (TPSA) is 92.5 Å². The first-order chi connectivity index (χ1) is 12.2. The second kappa shape index (κ2) is 7.88. The highest BCUT2D eigenvalue weighted by Crippen LogP contribution is 2.22. The smallest absolute Gasteiger partial charge is 0.255 e. The molecule has 0 atom stereocenters. The van der Waals surface area contributed by atoms with Crippen LogP contribution in [0.3, 0.4) is 0 Å². The van der Waals surface area contributed by atoms with Gasteiger partial charge in [-0.3, -0.25) is 4.79 Å². The zero-order valence-electron chi connectivity index (χ0n) is 15.5. The van der Waals surface area contributed by atoms with E-state index in [1.165, 1.54) is 6.07 Å². The van der Waals surface area contributed by atoms with Crippen LogP contribution in [0.15, 0.2) is 41.3 Å². The Balaban J connectivity index is 2.27. The zero-order chi connectivity index (χ0) is 19.5. The van der Waals surface area contributed by atoms with Crippen molar-refractivity contribution in [3.05, 3.63) is 53.1 Å². The second-order valence-electron chi connectivity index (χ2n) is 6.13. The van der Waals surface area contributed by atoms with Crippen molar-refractivity contribution in [3.8, 4) is 0 Å². The van der Waals surface area contributed by atoms with Gasteiger partial charge in [0.2, 0.25) is 10.0 Å². The summed E-state index contributed by atoms with van der Waals surface area (Å²) in [6, 6.07) is 10.5. The summed E-state index contributed by atoms with van der Waals surface area (Å²) in [5.74, 6) is -0.381. The van der Waals surface area contributed by atoms with Crippen LogP contribution in [0.25, 0.3) is 0 Å². The first-order valence-electron chi connectivity index (χ1n) is 8.47. The van der Waals surface area contributed by atoms with Gasteiger partial charge in [-0.05, 0) is 75.2 Å². The first-order valence-corrected chi connectivity index (χ1v) is 10.0. The number of anilines is 2. The normalized spacial score (nSPS) is 11.3. The minimum absolute atomic E-state index is 0.0282. The highest BCUT2D eigenvalue weighted by atomic mass is 32.2. The van der Waals surface area contributed by atoms with Crippen molar-refractivity contribution in [2.24, 2.45) is 5.14 Å². The number of benzene rings is 2. The molecule has 0 aliphatic rings. The number of sulfonamides is 1. The number of carbonyl (C=O) groups is 1. The predicted molar refractivity (Wildman–Crippen MR) is 105 cm³/mol. The van der Waals surface area contributed by atoms with E-state index in [1.807, 2.05) is 24.3 Å². The predicted octanol–water partition coefficient (Wildman–Crippen LogP) is 3.05. The van der Waals surface area contributed by atoms with Crippen molar-refractivity contribution in [3.63, 3.8) is 0 Å². The van der Waals surface area contributed by atoms with Crippen molar-refractivity contribution < 1.29 is 13.2 Å². The van der Waals surface area contributed by atoms with Gasteiger partial charge in [-0.25, -0.2) is 13.6 Å². The van der Waals surface area contributed by atoms with Gasteiger partial charge < -0.3 is 10.2 Å². The van der Waals surface area contributed by atoms with E-state index >= 15 is 0 Å². The molecule has 0 fully saturated rings. The van der Waals surface area contributed by atoms with Gasteiger partial charge in [-0.15, -0.1) is 0 Å². The lowest BCUT2D eigenvalue weighted by molar-refractivity contribution is 0.102. The summed E-state index contributed by atoms with van der Waals surface area (Å²) in [5, 5.41) is 8.05. The molecule has 2 aromatic rings. The SMILES string of the molecule is CCN(CC)c1ccc(NC(=O)c2cc(C)c(C)c(S(N)(=O)=O)c2)cc1. The van der Waals surface area contributed by atoms with Gasteiger partial charge in [0.1, 0.15) is 0 Å². The van der Waals surface area contributed by atoms with Crippen LogP contribution in [-0.4, -0.2) is 27.4 Å². The standard InChI is InChI=1S/C19H25N3O3S/c1-5-22(6-2)17-9-7-16(8-10-17)21-19(23)15-11-13(3)14(4)18(12-15)26(20,24)25/h7-12H,5-6H2,1-4H3,(H,21,23)(H2,20,24,25). The minimum atomic E-state index is -3.89. The van der Waals surface area contributed by atoms with E-state index in [9.17, 15) is 13.2 Å². The summed E-state index contributed by atoms with van der Waals surface area (Å²) in [7, 11) is -3.89. The number of aryl methyl sites for hydroxylation is 1. The lowest BCUT2D eigenvalue weighted by atomic mass is 10.1. The van der Waals surface area contributed by atoms with E-state index in [1.54, 1.807) is 19.9 Å². The fourth-order valence-electron chi connectivity index (χ4n) is 2.80. The van der Waals surface area contributed by atoms with Gasteiger partial charge in [-0.2, -0.15) is 0 Å². The van der Waals surface area contributed by atoms with Gasteiger partial charge in [0.25, 0.3) is 5.91 Å². The van der Waals surface area contributed by atoms with Gasteiger partial charge in [-0.1, -0.05) is 0 Å². The van der Waals surface area contributed by atoms with Crippen molar-refractivity contribution in [2.45, 2.75) is 32.6 Å². The number of hydrogen-bond donors (Lipinski definition) is 2. The lowest BCUT2D eigenvalue weighted by Crippen LogP contribution is -2.21. The quantitative estimate of drug-likeness (QED) is 0.811. The largest absolute Gasteiger partial charge is 0.372 e. The molecule has 0 aliphatic carbocycles. The average Bonchev–Trinajstić information content (AvgIpc) is 2.58. The molecule has 0 aliphatic heterocycles. The number of rotatable bonds is 6. The lowest BCUT2D eigenvalue weighted by Gasteiger charge is -2.21. The van der Waals surface area contributed by atoms with E-state index < -0.39 is 10.0 Å². The Bertz CT molecular complexity index is 902. The molecule has 0 spiro atoms. The Morgan fingerprint density at radius 2 is 1.65 bits per heavy atom. The maximum Gasteiger partial charge on any atom is 0.255 e. The molecule has 0 bridgehead atoms. The summed E-state index contributed by atoms with van der Waals surface area (Å²) in [6.45, 7) is 9.40. The molecule has 1 amide bonds. The van der Waals surface area contributed by atoms with Crippen LogP contribution >= 0.6 is 0 Å². The molecule has 140 valence electrons. The van der Waals surface area contributed by atoms with Crippen molar-refractivity contribution in [2.75, 3.05) is 23.3 Å². The summed E-state index contributed by atoms with van der Waals surface area (Å²) in [5.41, 5.74) is 3.22. The molecule has 2 rings (SSSR count). The molecule has 7 heteroatoms. The number of nitrogens with two attached hydrogens (primary N) is 1. The molecular formula is C19H25N3O3S. The van der Waals surface area contributed by atoms with Crippen molar-refractivity contribution in [1.29, 1.82) is 0 Å². The Labute approximate surface area is 155 Å². The van der Waals surface area contributed by atoms with E-state index in [4.69, 9.17) is 5.14 Å². The van der Waals surface area contributed by atoms with Crippen LogP contribution in [0.1, 0.15) is 35.3 Å². The van der Waals surface area contributed by atoms with E-state index in [0.29, 0.717) is 16.8 Å². The second-order valence-corrected chi connectivity index (χ2v) is 7.66. The zero-order valence-corrected chi connectivity index (χ0v) is 16.4. The molecule has 0 saturated heterocycles. The summed E-state index contributed by atoms with van der Waals surface area (Å²) < 4.78 is 23.5. The molecule has 0 heterocycles. The van der Waals surface area contributed by atoms with Gasteiger partial charge in [0.05, 0.1) is 4.90 Å². The Morgan fingerprint density at radius 3 is 2.15 bits per heavy atom. The number of hydrogen-bond acceptors (Lipinski definition) is 4. The molecule has 0 unspecified atom stereocenters. The fraction of sp³-hybridized carbons (Fsp3) is 0.316. The number of nitrogens with one attached hydrogen (secondary N) is 1. The van der Waals surface area contributed by atoms with E-state index in [-0.39, 0.29) is 16.4 Å². The highest BCUT2D eigenvalue weighted by Gasteiger charge is 2.17. The van der Waals surface area contributed by atoms with Crippen LogP contribution in [0.4, 0.5) is 11.4 Å². The summed E-state index contributed by atoms with van der Waals surface area (Å²) >= 11 is 0. The monoisotopic (exact) mass is 375 g/mol. The van der Waals surface area contributed by atoms with Crippen LogP contribution in [0.2, 0.25) is 0 Å². The van der Waals surface area contributed by atoms with Crippen molar-refractivity contribution in [1.82, 2.24) is 0 Å². The number of nitrogens with zero attached hydrogens (tertiary/aromatic N) is 1. The van der Waals surface area contributed by atoms with Crippen LogP contribution in [-0.2, 0) is 10.0 Å². The molecule has 3 N–H and O–H groups in total. The molecule has 0 saturated carbocycles. The first kappa shape index (κ1) is 19.9. The van der Waals surface area contributed by atoms with Crippen LogP contribution in [0.5, 0.6) is 0 Å². The third kappa shape index (κ3) is 4.42. The van der Waals surface area contributed by atoms with Gasteiger partial charge in [0, 0.05) is 30.0 Å². The third-order valence-corrected chi connectivity index (χ3v) is 5.48. The maximum atomic E-state index is 12.5. The Morgan fingerprint density at radius 1 is 1.08 bits per heavy atom. The van der Waals surface area contributed by atoms with Crippen LogP contribution < -0.4 is 15.4 Å². The Hall–Kier alpha value is -2.38. The minimum Gasteiger partial charge on any atom is -0.372 e. The summed E-state index contributed by atoms with van der Waals surface area (Å²) in [6.07, 6.45) is 0. The highest BCUT2D eigenvalue weighted by molar-refractivity contribution is 7.89. The Kier molecular flexibility index (Phi) is 6.05. The number of amides is 1. The molecule has 0 aromatic heterocycles. The van der Waals surface area contributed by atoms with Crippen LogP contribution in [0, 0.1) is 13.8 Å². The molecule has 26 heavy (non-hydrogen) atoms. The number of carbonyl (C=O) groups excluding carboxylic acids is 1. The van der Waals surface area contributed by atoms with E-state index in [0.717, 1.165) is 18.8 Å². The number of primary sulfonamides is 1. The van der Waals surface area contributed by atoms with Crippen molar-refractivity contribution >= 4 is 27.3 Å². The maximum absolute atomic E-state index is 12.5.